The van der Waals surface area contributed by atoms with E-state index in [1.165, 1.54) is 52.3 Å². The number of fused-ring (bicyclic) bond motifs is 6. The zero-order chi connectivity index (χ0) is 21.5. The smallest absolute Gasteiger partial charge is 0.339 e. The molecule has 1 aliphatic carbocycles. The van der Waals surface area contributed by atoms with E-state index in [1.807, 2.05) is 6.07 Å². The molecule has 0 aromatic heterocycles. The summed E-state index contributed by atoms with van der Waals surface area (Å²) in [6, 6.07) is 6.43. The molecule has 0 unspecified atom stereocenters. The number of likely N-dealkylation sites (tertiary alicyclic amines) is 1. The first-order valence-corrected chi connectivity index (χ1v) is 12.2. The summed E-state index contributed by atoms with van der Waals surface area (Å²) in [5.41, 5.74) is 2.70. The molecule has 166 valence electrons. The number of piperidine rings is 3. The van der Waals surface area contributed by atoms with Crippen LogP contribution in [0.1, 0.15) is 48.9 Å². The molecule has 3 heterocycles. The van der Waals surface area contributed by atoms with Crippen molar-refractivity contribution in [2.45, 2.75) is 50.6 Å². The van der Waals surface area contributed by atoms with Crippen LogP contribution in [0, 0.1) is 11.8 Å². The first-order valence-electron chi connectivity index (χ1n) is 11.5. The van der Waals surface area contributed by atoms with Crippen molar-refractivity contribution < 1.29 is 9.53 Å². The van der Waals surface area contributed by atoms with Gasteiger partial charge in [-0.1, -0.05) is 29.7 Å². The summed E-state index contributed by atoms with van der Waals surface area (Å²) >= 11 is 12.1. The Labute approximate surface area is 194 Å². The van der Waals surface area contributed by atoms with Crippen molar-refractivity contribution >= 4 is 40.6 Å². The van der Waals surface area contributed by atoms with Crippen LogP contribution in [-0.2, 0) is 4.74 Å². The molecule has 0 saturated carbocycles. The Hall–Kier alpha value is -1.63. The zero-order valence-corrected chi connectivity index (χ0v) is 19.6. The van der Waals surface area contributed by atoms with Gasteiger partial charge in [0.2, 0.25) is 0 Å². The number of methoxy groups -OCH3 is 1. The molecule has 3 fully saturated rings. The van der Waals surface area contributed by atoms with E-state index in [1.54, 1.807) is 17.7 Å². The normalized spacial score (nSPS) is 30.0. The van der Waals surface area contributed by atoms with Crippen molar-refractivity contribution in [3.8, 4) is 0 Å². The maximum absolute atomic E-state index is 12.0. The quantitative estimate of drug-likeness (QED) is 0.392. The number of nitrogens with one attached hydrogen (secondary N) is 1. The van der Waals surface area contributed by atoms with Gasteiger partial charge in [-0.2, -0.15) is 0 Å². The Kier molecular flexibility index (Phi) is 5.97. The molecule has 0 radical (unpaired) electrons. The lowest BCUT2D eigenvalue weighted by Gasteiger charge is -2.55. The Bertz CT molecular complexity index is 920. The fourth-order valence-corrected chi connectivity index (χ4v) is 6.78. The van der Waals surface area contributed by atoms with Crippen molar-refractivity contribution in [3.05, 3.63) is 40.4 Å². The summed E-state index contributed by atoms with van der Waals surface area (Å²) in [5.74, 6) is 0.903. The summed E-state index contributed by atoms with van der Waals surface area (Å²) in [6.07, 6.45) is 10.3. The maximum atomic E-state index is 12.0. The fraction of sp³-hybridized carbons (Fsp3) is 0.583. The number of halogens is 1. The second-order valence-corrected chi connectivity index (χ2v) is 10.1. The first kappa shape index (κ1) is 21.2. The molecule has 2 bridgehead atoms. The molecule has 5 nitrogen and oxygen atoms in total. The van der Waals surface area contributed by atoms with Gasteiger partial charge in [0.25, 0.3) is 0 Å². The van der Waals surface area contributed by atoms with Gasteiger partial charge in [-0.3, -0.25) is 4.90 Å². The lowest BCUT2D eigenvalue weighted by atomic mass is 9.68. The van der Waals surface area contributed by atoms with Crippen molar-refractivity contribution in [2.24, 2.45) is 11.8 Å². The third kappa shape index (κ3) is 3.98. The lowest BCUT2D eigenvalue weighted by molar-refractivity contribution is 0.0132. The number of ether oxygens (including phenoxy) is 1. The number of hydrogen-bond acceptors (Lipinski definition) is 4. The molecule has 0 amide bonds. The van der Waals surface area contributed by atoms with E-state index >= 15 is 0 Å². The van der Waals surface area contributed by atoms with Gasteiger partial charge in [-0.15, -0.1) is 0 Å². The number of carbonyl (C=O) groups is 1. The van der Waals surface area contributed by atoms with E-state index in [4.69, 9.17) is 28.6 Å². The maximum Gasteiger partial charge on any atom is 0.339 e. The molecule has 0 spiro atoms. The van der Waals surface area contributed by atoms with Gasteiger partial charge in [0.1, 0.15) is 0 Å². The van der Waals surface area contributed by atoms with E-state index in [0.717, 1.165) is 29.8 Å². The SMILES string of the molecule is COC(=O)c1cc(NC(=S)N2CCCC3=C[C@H]4C[C@H](CN5CCCC[C@H]45)[C@@H]32)ccc1Cl. The third-order valence-corrected chi connectivity index (χ3v) is 8.21. The first-order chi connectivity index (χ1) is 15.0. The van der Waals surface area contributed by atoms with E-state index < -0.39 is 5.97 Å². The topological polar surface area (TPSA) is 44.8 Å². The largest absolute Gasteiger partial charge is 0.465 e. The molecular formula is C24H30ClN3O2S. The number of thiocarbonyl (C=S) groups is 1. The van der Waals surface area contributed by atoms with Crippen LogP contribution in [0.3, 0.4) is 0 Å². The van der Waals surface area contributed by atoms with Gasteiger partial charge < -0.3 is 15.0 Å². The van der Waals surface area contributed by atoms with E-state index in [-0.39, 0.29) is 0 Å². The number of rotatable bonds is 2. The van der Waals surface area contributed by atoms with Crippen LogP contribution in [0.4, 0.5) is 5.69 Å². The van der Waals surface area contributed by atoms with Gasteiger partial charge >= 0.3 is 5.97 Å². The number of hydrogen-bond donors (Lipinski definition) is 1. The van der Waals surface area contributed by atoms with Crippen LogP contribution in [0.25, 0.3) is 0 Å². The Balaban J connectivity index is 1.37. The van der Waals surface area contributed by atoms with Gasteiger partial charge in [0.15, 0.2) is 5.11 Å². The summed E-state index contributed by atoms with van der Waals surface area (Å²) in [7, 11) is 1.36. The average molecular weight is 460 g/mol. The van der Waals surface area contributed by atoms with Crippen LogP contribution >= 0.6 is 23.8 Å². The second kappa shape index (κ2) is 8.72. The highest BCUT2D eigenvalue weighted by atomic mass is 35.5. The minimum absolute atomic E-state index is 0.347. The average Bonchev–Trinajstić information content (AvgIpc) is 2.79. The van der Waals surface area contributed by atoms with Gasteiger partial charge in [0, 0.05) is 24.8 Å². The highest BCUT2D eigenvalue weighted by molar-refractivity contribution is 7.80. The highest BCUT2D eigenvalue weighted by Gasteiger charge is 2.46. The number of nitrogens with zero attached hydrogens (tertiary/aromatic N) is 2. The summed E-state index contributed by atoms with van der Waals surface area (Å²) < 4.78 is 4.85. The zero-order valence-electron chi connectivity index (χ0n) is 18.0. The van der Waals surface area contributed by atoms with Crippen LogP contribution in [0.5, 0.6) is 0 Å². The summed E-state index contributed by atoms with van der Waals surface area (Å²) in [6.45, 7) is 3.41. The van der Waals surface area contributed by atoms with Crippen molar-refractivity contribution in [1.82, 2.24) is 9.80 Å². The molecule has 4 aliphatic rings. The Morgan fingerprint density at radius 2 is 2.13 bits per heavy atom. The van der Waals surface area contributed by atoms with Crippen molar-refractivity contribution in [2.75, 3.05) is 32.1 Å². The molecule has 31 heavy (non-hydrogen) atoms. The second-order valence-electron chi connectivity index (χ2n) is 9.32. The molecule has 3 saturated heterocycles. The summed E-state index contributed by atoms with van der Waals surface area (Å²) in [5, 5.41) is 4.48. The number of carbonyl (C=O) groups excluding carboxylic acids is 1. The van der Waals surface area contributed by atoms with E-state index in [2.05, 4.69) is 21.2 Å². The molecule has 5 rings (SSSR count). The van der Waals surface area contributed by atoms with Crippen LogP contribution in [-0.4, -0.2) is 59.7 Å². The summed E-state index contributed by atoms with van der Waals surface area (Å²) in [4.78, 5) is 17.1. The molecule has 1 aromatic carbocycles. The fourth-order valence-electron chi connectivity index (χ4n) is 6.27. The molecule has 7 heteroatoms. The van der Waals surface area contributed by atoms with Gasteiger partial charge in [-0.05, 0) is 80.9 Å². The predicted molar refractivity (Wildman–Crippen MR) is 128 cm³/mol. The predicted octanol–water partition coefficient (Wildman–Crippen LogP) is 4.72. The van der Waals surface area contributed by atoms with Gasteiger partial charge in [-0.25, -0.2) is 4.79 Å². The van der Waals surface area contributed by atoms with E-state index in [9.17, 15) is 4.79 Å². The number of benzene rings is 1. The minimum Gasteiger partial charge on any atom is -0.465 e. The third-order valence-electron chi connectivity index (χ3n) is 7.54. The molecule has 1 N–H and O–H groups in total. The monoisotopic (exact) mass is 459 g/mol. The highest BCUT2D eigenvalue weighted by Crippen LogP contribution is 2.45. The molecule has 3 aliphatic heterocycles. The van der Waals surface area contributed by atoms with Crippen LogP contribution < -0.4 is 5.32 Å². The van der Waals surface area contributed by atoms with Crippen molar-refractivity contribution in [3.63, 3.8) is 0 Å². The van der Waals surface area contributed by atoms with Crippen LogP contribution in [0.2, 0.25) is 5.02 Å². The number of esters is 1. The van der Waals surface area contributed by atoms with E-state index in [0.29, 0.717) is 28.5 Å². The van der Waals surface area contributed by atoms with Crippen molar-refractivity contribution in [1.29, 1.82) is 0 Å². The minimum atomic E-state index is -0.445. The Morgan fingerprint density at radius 3 is 2.97 bits per heavy atom. The van der Waals surface area contributed by atoms with Crippen LogP contribution in [0.15, 0.2) is 29.8 Å². The lowest BCUT2D eigenvalue weighted by Crippen LogP contribution is -2.60. The molecule has 4 atom stereocenters. The number of anilines is 1. The Morgan fingerprint density at radius 1 is 1.26 bits per heavy atom. The standard InChI is InChI=1S/C24H30ClN3O2S/c1-30-23(29)19-13-18(7-8-20(19)25)26-24(31)28-10-4-5-15-11-16-12-17(22(15)28)14-27-9-3-2-6-21(16)27/h7-8,11,13,16-17,21-22H,2-6,9-10,12,14H2,1H3,(H,26,31)/t16-,17+,21+,22+/m0/s1. The molecule has 1 aromatic rings. The van der Waals surface area contributed by atoms with Gasteiger partial charge in [0.05, 0.1) is 23.7 Å². The molecular weight excluding hydrogens is 430 g/mol.